The highest BCUT2D eigenvalue weighted by Gasteiger charge is 2.23. The van der Waals surface area contributed by atoms with Crippen molar-refractivity contribution in [2.75, 3.05) is 13.2 Å². The average Bonchev–Trinajstić information content (AvgIpc) is 2.81. The summed E-state index contributed by atoms with van der Waals surface area (Å²) in [7, 11) is 1.96. The maximum Gasteiger partial charge on any atom is 0.0722 e. The Kier molecular flexibility index (Phi) is 5.37. The van der Waals surface area contributed by atoms with E-state index in [0.29, 0.717) is 6.54 Å². The highest BCUT2D eigenvalue weighted by Crippen LogP contribution is 2.25. The van der Waals surface area contributed by atoms with Crippen LogP contribution in [0.1, 0.15) is 37.6 Å². The fourth-order valence-corrected chi connectivity index (χ4v) is 2.72. The van der Waals surface area contributed by atoms with Crippen molar-refractivity contribution in [3.63, 3.8) is 0 Å². The van der Waals surface area contributed by atoms with E-state index in [1.807, 2.05) is 17.8 Å². The minimum absolute atomic E-state index is 0.0220. The van der Waals surface area contributed by atoms with E-state index in [4.69, 9.17) is 0 Å². The maximum atomic E-state index is 9.36. The van der Waals surface area contributed by atoms with Crippen molar-refractivity contribution in [2.45, 2.75) is 39.3 Å². The summed E-state index contributed by atoms with van der Waals surface area (Å²) in [6.45, 7) is 9.02. The van der Waals surface area contributed by atoms with Gasteiger partial charge in [0.15, 0.2) is 0 Å². The molecule has 2 aromatic rings. The molecule has 120 valence electrons. The van der Waals surface area contributed by atoms with E-state index in [1.54, 1.807) is 0 Å². The molecule has 0 saturated carbocycles. The summed E-state index contributed by atoms with van der Waals surface area (Å²) < 4.78 is 1.88. The largest absolute Gasteiger partial charge is 0.395 e. The van der Waals surface area contributed by atoms with E-state index in [1.165, 1.54) is 11.1 Å². The predicted molar refractivity (Wildman–Crippen MR) is 89.5 cm³/mol. The first-order valence-electron chi connectivity index (χ1n) is 7.80. The van der Waals surface area contributed by atoms with Gasteiger partial charge in [0.1, 0.15) is 0 Å². The fraction of sp³-hybridized carbons (Fsp3) is 0.500. The molecule has 0 aliphatic heterocycles. The monoisotopic (exact) mass is 301 g/mol. The lowest BCUT2D eigenvalue weighted by molar-refractivity contribution is 0.183. The lowest BCUT2D eigenvalue weighted by Gasteiger charge is -2.24. The average molecular weight is 301 g/mol. The summed E-state index contributed by atoms with van der Waals surface area (Å²) >= 11 is 0. The number of aromatic nitrogens is 2. The molecule has 1 aromatic heterocycles. The number of benzene rings is 1. The Bertz CT molecular complexity index is 584. The van der Waals surface area contributed by atoms with Gasteiger partial charge in [0, 0.05) is 43.9 Å². The first-order chi connectivity index (χ1) is 10.4. The van der Waals surface area contributed by atoms with Gasteiger partial charge in [-0.05, 0) is 5.56 Å². The van der Waals surface area contributed by atoms with Crippen LogP contribution in [0, 0.1) is 0 Å². The quantitative estimate of drug-likeness (QED) is 0.892. The molecule has 0 atom stereocenters. The zero-order valence-electron chi connectivity index (χ0n) is 14.1. The molecule has 1 N–H and O–H groups in total. The third-order valence-electron chi connectivity index (χ3n) is 3.67. The van der Waals surface area contributed by atoms with Gasteiger partial charge in [0.2, 0.25) is 0 Å². The molecular weight excluding hydrogens is 274 g/mol. The summed E-state index contributed by atoms with van der Waals surface area (Å²) in [5.74, 6) is 0. The van der Waals surface area contributed by atoms with Crippen LogP contribution in [0.4, 0.5) is 0 Å². The van der Waals surface area contributed by atoms with Gasteiger partial charge in [-0.2, -0.15) is 5.10 Å². The molecule has 0 unspecified atom stereocenters. The maximum absolute atomic E-state index is 9.36. The van der Waals surface area contributed by atoms with Crippen LogP contribution in [0.2, 0.25) is 0 Å². The van der Waals surface area contributed by atoms with Gasteiger partial charge in [-0.3, -0.25) is 9.58 Å². The smallest absolute Gasteiger partial charge is 0.0722 e. The molecule has 1 heterocycles. The Labute approximate surface area is 133 Å². The van der Waals surface area contributed by atoms with Crippen molar-refractivity contribution in [2.24, 2.45) is 7.05 Å². The number of aryl methyl sites for hydroxylation is 1. The number of hydrogen-bond acceptors (Lipinski definition) is 3. The van der Waals surface area contributed by atoms with E-state index < -0.39 is 0 Å². The van der Waals surface area contributed by atoms with Crippen molar-refractivity contribution in [3.05, 3.63) is 53.3 Å². The van der Waals surface area contributed by atoms with Crippen molar-refractivity contribution >= 4 is 0 Å². The summed E-state index contributed by atoms with van der Waals surface area (Å²) in [6, 6.07) is 10.4. The minimum atomic E-state index is 0.0220. The molecule has 0 radical (unpaired) electrons. The molecule has 4 heteroatoms. The molecule has 0 fully saturated rings. The zero-order chi connectivity index (χ0) is 16.2. The Morgan fingerprint density at radius 1 is 1.14 bits per heavy atom. The normalized spacial score (nSPS) is 12.1. The third-order valence-corrected chi connectivity index (χ3v) is 3.67. The molecule has 0 aliphatic rings. The molecule has 0 spiro atoms. The first kappa shape index (κ1) is 16.7. The second kappa shape index (κ2) is 7.07. The van der Waals surface area contributed by atoms with Crippen LogP contribution in [0.3, 0.4) is 0 Å². The van der Waals surface area contributed by atoms with Crippen molar-refractivity contribution in [3.8, 4) is 0 Å². The molecule has 4 nitrogen and oxygen atoms in total. The molecule has 1 aromatic carbocycles. The van der Waals surface area contributed by atoms with Crippen LogP contribution in [0.5, 0.6) is 0 Å². The second-order valence-corrected chi connectivity index (χ2v) is 6.85. The van der Waals surface area contributed by atoms with Gasteiger partial charge in [-0.1, -0.05) is 51.1 Å². The van der Waals surface area contributed by atoms with E-state index in [2.05, 4.69) is 61.2 Å². The lowest BCUT2D eigenvalue weighted by atomic mass is 9.89. The lowest BCUT2D eigenvalue weighted by Crippen LogP contribution is -2.27. The van der Waals surface area contributed by atoms with Crippen LogP contribution >= 0.6 is 0 Å². The molecule has 0 amide bonds. The Morgan fingerprint density at radius 2 is 1.82 bits per heavy atom. The number of aliphatic hydroxyl groups is 1. The van der Waals surface area contributed by atoms with E-state index in [0.717, 1.165) is 18.8 Å². The van der Waals surface area contributed by atoms with Gasteiger partial charge in [-0.15, -0.1) is 0 Å². The minimum Gasteiger partial charge on any atom is -0.395 e. The molecule has 2 rings (SSSR count). The van der Waals surface area contributed by atoms with Crippen molar-refractivity contribution in [1.82, 2.24) is 14.7 Å². The van der Waals surface area contributed by atoms with Crippen LogP contribution in [0.15, 0.2) is 36.5 Å². The van der Waals surface area contributed by atoms with Crippen LogP contribution in [-0.2, 0) is 25.6 Å². The van der Waals surface area contributed by atoms with Crippen molar-refractivity contribution in [1.29, 1.82) is 0 Å². The van der Waals surface area contributed by atoms with Crippen molar-refractivity contribution < 1.29 is 5.11 Å². The summed E-state index contributed by atoms with van der Waals surface area (Å²) in [6.07, 6.45) is 2.09. The highest BCUT2D eigenvalue weighted by molar-refractivity contribution is 5.24. The number of aliphatic hydroxyl groups excluding tert-OH is 1. The molecule has 0 bridgehead atoms. The van der Waals surface area contributed by atoms with Crippen LogP contribution < -0.4 is 0 Å². The fourth-order valence-electron chi connectivity index (χ4n) is 2.72. The van der Waals surface area contributed by atoms with Gasteiger partial charge in [-0.25, -0.2) is 0 Å². The highest BCUT2D eigenvalue weighted by atomic mass is 16.3. The van der Waals surface area contributed by atoms with Crippen LogP contribution in [-0.4, -0.2) is 32.9 Å². The molecular formula is C18H27N3O. The second-order valence-electron chi connectivity index (χ2n) is 6.85. The number of hydrogen-bond donors (Lipinski definition) is 1. The number of nitrogens with zero attached hydrogens (tertiary/aromatic N) is 3. The number of rotatable bonds is 6. The zero-order valence-corrected chi connectivity index (χ0v) is 14.1. The van der Waals surface area contributed by atoms with Gasteiger partial charge < -0.3 is 5.11 Å². The molecule has 22 heavy (non-hydrogen) atoms. The van der Waals surface area contributed by atoms with Crippen LogP contribution in [0.25, 0.3) is 0 Å². The predicted octanol–water partition coefficient (Wildman–Crippen LogP) is 2.71. The molecule has 0 saturated heterocycles. The van der Waals surface area contributed by atoms with E-state index >= 15 is 0 Å². The molecule has 0 aliphatic carbocycles. The summed E-state index contributed by atoms with van der Waals surface area (Å²) in [5, 5.41) is 14.0. The summed E-state index contributed by atoms with van der Waals surface area (Å²) in [4.78, 5) is 2.27. The van der Waals surface area contributed by atoms with Gasteiger partial charge >= 0.3 is 0 Å². The topological polar surface area (TPSA) is 41.3 Å². The van der Waals surface area contributed by atoms with E-state index in [9.17, 15) is 5.11 Å². The van der Waals surface area contributed by atoms with Gasteiger partial charge in [0.25, 0.3) is 0 Å². The Morgan fingerprint density at radius 3 is 2.41 bits per heavy atom. The SMILES string of the molecule is Cn1cc(CN(CCO)Cc2ccccc2)c(C(C)(C)C)n1. The Hall–Kier alpha value is -1.65. The van der Waals surface area contributed by atoms with Gasteiger partial charge in [0.05, 0.1) is 12.3 Å². The Balaban J connectivity index is 2.18. The first-order valence-corrected chi connectivity index (χ1v) is 7.80. The summed E-state index contributed by atoms with van der Waals surface area (Å²) in [5.41, 5.74) is 3.65. The standard InChI is InChI=1S/C18H27N3O/c1-18(2,3)17-16(13-20(4)19-17)14-21(10-11-22)12-15-8-6-5-7-9-15/h5-9,13,22H,10-12,14H2,1-4H3. The third kappa shape index (κ3) is 4.42. The van der Waals surface area contributed by atoms with E-state index in [-0.39, 0.29) is 12.0 Å².